The van der Waals surface area contributed by atoms with Crippen molar-refractivity contribution in [2.45, 2.75) is 52.4 Å². The molecule has 0 unspecified atom stereocenters. The predicted octanol–water partition coefficient (Wildman–Crippen LogP) is 12.0. The summed E-state index contributed by atoms with van der Waals surface area (Å²) < 4.78 is 6.50. The highest BCUT2D eigenvalue weighted by Gasteiger charge is 2.28. The van der Waals surface area contributed by atoms with E-state index in [-0.39, 0.29) is 16.6 Å². The first-order valence-electron chi connectivity index (χ1n) is 17.3. The third-order valence-corrected chi connectivity index (χ3v) is 9.51. The molecule has 0 atom stereocenters. The van der Waals surface area contributed by atoms with Crippen LogP contribution in [0.25, 0.3) is 55.5 Å². The van der Waals surface area contributed by atoms with Gasteiger partial charge in [0.15, 0.2) is 11.4 Å². The minimum atomic E-state index is -0.312. The minimum Gasteiger partial charge on any atom is -0.507 e. The molecule has 0 amide bonds. The molecule has 6 nitrogen and oxygen atoms in total. The number of furan rings is 1. The van der Waals surface area contributed by atoms with Gasteiger partial charge in [0.25, 0.3) is 0 Å². The van der Waals surface area contributed by atoms with Crippen molar-refractivity contribution in [1.82, 2.24) is 15.0 Å². The van der Waals surface area contributed by atoms with Crippen molar-refractivity contribution in [1.29, 1.82) is 0 Å². The monoisotopic (exact) mass is 668 g/mol. The second-order valence-corrected chi connectivity index (χ2v) is 15.2. The van der Waals surface area contributed by atoms with E-state index in [0.29, 0.717) is 33.8 Å². The lowest BCUT2D eigenvalue weighted by Crippen LogP contribution is -2.17. The summed E-state index contributed by atoms with van der Waals surface area (Å²) in [5.41, 5.74) is 7.38. The van der Waals surface area contributed by atoms with Crippen LogP contribution in [0.15, 0.2) is 132 Å². The molecule has 3 heterocycles. The number of para-hydroxylation sites is 1. The summed E-state index contributed by atoms with van der Waals surface area (Å²) in [4.78, 5) is 17.4. The molecule has 51 heavy (non-hydrogen) atoms. The van der Waals surface area contributed by atoms with Gasteiger partial charge in [-0.25, -0.2) is 15.0 Å². The smallest absolute Gasteiger partial charge is 0.180 e. The van der Waals surface area contributed by atoms with Gasteiger partial charge in [0.05, 0.1) is 5.69 Å². The Kier molecular flexibility index (Phi) is 7.64. The zero-order valence-corrected chi connectivity index (χ0v) is 29.8. The number of hydrogen-bond donors (Lipinski definition) is 1. The van der Waals surface area contributed by atoms with E-state index in [0.717, 1.165) is 50.0 Å². The van der Waals surface area contributed by atoms with E-state index in [1.165, 1.54) is 0 Å². The summed E-state index contributed by atoms with van der Waals surface area (Å²) in [6.07, 6.45) is 1.81. The summed E-state index contributed by atoms with van der Waals surface area (Å²) in [7, 11) is 0. The number of benzene rings is 5. The number of aromatic nitrogens is 3. The predicted molar refractivity (Wildman–Crippen MR) is 209 cm³/mol. The number of aromatic hydroxyl groups is 1. The number of phenols is 1. The van der Waals surface area contributed by atoms with Crippen molar-refractivity contribution in [2.24, 2.45) is 0 Å². The highest BCUT2D eigenvalue weighted by molar-refractivity contribution is 6.07. The van der Waals surface area contributed by atoms with E-state index in [2.05, 4.69) is 113 Å². The molecular weight excluding hydrogens is 629 g/mol. The Balaban J connectivity index is 1.39. The van der Waals surface area contributed by atoms with Crippen molar-refractivity contribution in [3.8, 4) is 28.4 Å². The molecule has 0 fully saturated rings. The van der Waals surface area contributed by atoms with Crippen molar-refractivity contribution in [3.63, 3.8) is 0 Å². The SMILES string of the molecule is CC(C)(C)c1cc(-c2nc(-c3cccc(N(c4ccccn4)c4cccc5ccccc45)c3)nc3c2oc2ccccc23)c(O)c(C(C)(C)C)c1. The minimum absolute atomic E-state index is 0.170. The Morgan fingerprint density at radius 3 is 2.16 bits per heavy atom. The van der Waals surface area contributed by atoms with Gasteiger partial charge in [0.2, 0.25) is 0 Å². The molecule has 0 aliphatic carbocycles. The molecule has 0 radical (unpaired) electrons. The van der Waals surface area contributed by atoms with Crippen LogP contribution in [0.4, 0.5) is 17.2 Å². The number of nitrogens with zero attached hydrogens (tertiary/aromatic N) is 4. The summed E-state index contributed by atoms with van der Waals surface area (Å²) in [5.74, 6) is 1.53. The zero-order chi connectivity index (χ0) is 35.5. The van der Waals surface area contributed by atoms with Crippen molar-refractivity contribution < 1.29 is 9.52 Å². The lowest BCUT2D eigenvalue weighted by atomic mass is 9.78. The van der Waals surface area contributed by atoms with E-state index in [9.17, 15) is 5.11 Å². The van der Waals surface area contributed by atoms with E-state index >= 15 is 0 Å². The van der Waals surface area contributed by atoms with Gasteiger partial charge in [-0.1, -0.05) is 114 Å². The van der Waals surface area contributed by atoms with Gasteiger partial charge in [-0.15, -0.1) is 0 Å². The fraction of sp³-hybridized carbons (Fsp3) is 0.178. The van der Waals surface area contributed by atoms with Crippen LogP contribution in [0.1, 0.15) is 52.7 Å². The van der Waals surface area contributed by atoms with Gasteiger partial charge in [-0.05, 0) is 70.3 Å². The Hall–Kier alpha value is -6.01. The highest BCUT2D eigenvalue weighted by Crippen LogP contribution is 2.45. The first-order valence-corrected chi connectivity index (χ1v) is 17.3. The van der Waals surface area contributed by atoms with Crippen LogP contribution >= 0.6 is 0 Å². The molecule has 8 rings (SSSR count). The molecule has 5 aromatic carbocycles. The third kappa shape index (κ3) is 5.77. The second kappa shape index (κ2) is 12.1. The molecule has 0 aliphatic heterocycles. The van der Waals surface area contributed by atoms with Crippen LogP contribution in [0.2, 0.25) is 0 Å². The molecule has 8 aromatic rings. The topological polar surface area (TPSA) is 75.3 Å². The largest absolute Gasteiger partial charge is 0.507 e. The van der Waals surface area contributed by atoms with E-state index in [1.807, 2.05) is 60.8 Å². The van der Waals surface area contributed by atoms with Gasteiger partial charge >= 0.3 is 0 Å². The Morgan fingerprint density at radius 1 is 0.667 bits per heavy atom. The number of hydrogen-bond acceptors (Lipinski definition) is 6. The van der Waals surface area contributed by atoms with E-state index in [1.54, 1.807) is 0 Å². The van der Waals surface area contributed by atoms with Crippen molar-refractivity contribution in [2.75, 3.05) is 4.90 Å². The summed E-state index contributed by atoms with van der Waals surface area (Å²) in [6.45, 7) is 12.9. The molecule has 3 aromatic heterocycles. The van der Waals surface area contributed by atoms with E-state index in [4.69, 9.17) is 19.4 Å². The normalized spacial score (nSPS) is 12.2. The van der Waals surface area contributed by atoms with Gasteiger partial charge in [0.1, 0.15) is 28.4 Å². The Bertz CT molecular complexity index is 2570. The number of rotatable bonds is 5. The summed E-state index contributed by atoms with van der Waals surface area (Å²) in [6, 6.07) is 41.0. The molecule has 1 N–H and O–H groups in total. The fourth-order valence-corrected chi connectivity index (χ4v) is 6.79. The molecule has 0 saturated carbocycles. The standard InChI is InChI=1S/C45H40N4O2/c1-44(2,3)30-26-34(41(50)35(27-30)45(4,5)6)40-42-39(33-20-9-10-22-37(33)51-42)47-43(48-40)29-17-13-18-31(25-29)49(38-23-11-12-24-46-38)36-21-14-16-28-15-7-8-19-32(28)36/h7-27,50H,1-6H3. The number of phenolic OH excluding ortho intramolecular Hbond substituents is 1. The van der Waals surface area contributed by atoms with Gasteiger partial charge in [-0.3, -0.25) is 4.90 Å². The first kappa shape index (κ1) is 32.2. The van der Waals surface area contributed by atoms with Crippen LogP contribution < -0.4 is 4.90 Å². The van der Waals surface area contributed by atoms with Crippen LogP contribution in [-0.2, 0) is 10.8 Å². The Morgan fingerprint density at radius 2 is 1.39 bits per heavy atom. The molecular formula is C45H40N4O2. The highest BCUT2D eigenvalue weighted by atomic mass is 16.3. The maximum absolute atomic E-state index is 12.0. The van der Waals surface area contributed by atoms with E-state index < -0.39 is 0 Å². The number of fused-ring (bicyclic) bond motifs is 4. The second-order valence-electron chi connectivity index (χ2n) is 15.2. The first-order chi connectivity index (χ1) is 24.5. The average Bonchev–Trinajstić information content (AvgIpc) is 3.50. The molecule has 0 saturated heterocycles. The quantitative estimate of drug-likeness (QED) is 0.197. The van der Waals surface area contributed by atoms with Crippen LogP contribution in [0.3, 0.4) is 0 Å². The lowest BCUT2D eigenvalue weighted by molar-refractivity contribution is 0.446. The molecule has 6 heteroatoms. The number of pyridine rings is 1. The van der Waals surface area contributed by atoms with Crippen LogP contribution in [0.5, 0.6) is 5.75 Å². The van der Waals surface area contributed by atoms with Gasteiger partial charge < -0.3 is 9.52 Å². The molecule has 0 spiro atoms. The molecule has 0 bridgehead atoms. The lowest BCUT2D eigenvalue weighted by Gasteiger charge is -2.27. The van der Waals surface area contributed by atoms with Crippen molar-refractivity contribution in [3.05, 3.63) is 139 Å². The Labute approximate surface area is 298 Å². The maximum atomic E-state index is 12.0. The van der Waals surface area contributed by atoms with Gasteiger partial charge in [-0.2, -0.15) is 0 Å². The van der Waals surface area contributed by atoms with Crippen molar-refractivity contribution >= 4 is 50.0 Å². The van der Waals surface area contributed by atoms with Gasteiger partial charge in [0, 0.05) is 39.3 Å². The van der Waals surface area contributed by atoms with Crippen LogP contribution in [0, 0.1) is 0 Å². The summed E-state index contributed by atoms with van der Waals surface area (Å²) in [5, 5.41) is 15.2. The fourth-order valence-electron chi connectivity index (χ4n) is 6.79. The molecule has 0 aliphatic rings. The summed E-state index contributed by atoms with van der Waals surface area (Å²) >= 11 is 0. The average molecular weight is 669 g/mol. The zero-order valence-electron chi connectivity index (χ0n) is 29.8. The number of anilines is 3. The maximum Gasteiger partial charge on any atom is 0.180 e. The van der Waals surface area contributed by atoms with Crippen LogP contribution in [-0.4, -0.2) is 20.1 Å². The molecule has 252 valence electrons. The third-order valence-electron chi connectivity index (χ3n) is 9.51.